The monoisotopic (exact) mass is 380 g/mol. The number of hydrogen-bond donors (Lipinski definition) is 0. The molecule has 0 saturated carbocycles. The number of likely N-dealkylation sites (tertiary alicyclic amines) is 2. The summed E-state index contributed by atoms with van der Waals surface area (Å²) in [7, 11) is 3.32. The van der Waals surface area contributed by atoms with Gasteiger partial charge in [0.15, 0.2) is 0 Å². The first-order valence-corrected chi connectivity index (χ1v) is 10.0. The molecule has 1 spiro atoms. The molecule has 3 heterocycles. The Balaban J connectivity index is 1.67. The Hall–Kier alpha value is -1.44. The van der Waals surface area contributed by atoms with E-state index >= 15 is 0 Å². The predicted molar refractivity (Wildman–Crippen MR) is 100 cm³/mol. The third kappa shape index (κ3) is 4.27. The molecular weight excluding hydrogens is 352 g/mol. The maximum atomic E-state index is 13.0. The van der Waals surface area contributed by atoms with Gasteiger partial charge in [0.2, 0.25) is 5.91 Å². The number of carbonyl (C=O) groups is 2. The zero-order chi connectivity index (χ0) is 18.6. The van der Waals surface area contributed by atoms with Gasteiger partial charge in [0, 0.05) is 57.1 Å². The molecule has 1 aromatic rings. The number of nitrogens with zero attached hydrogens (tertiary/aromatic N) is 2. The zero-order valence-electron chi connectivity index (χ0n) is 15.7. The number of methoxy groups -OCH3 is 2. The van der Waals surface area contributed by atoms with Gasteiger partial charge < -0.3 is 19.3 Å². The third-order valence-corrected chi connectivity index (χ3v) is 6.47. The fraction of sp³-hybridized carbons (Fsp3) is 0.684. The Morgan fingerprint density at radius 1 is 1.23 bits per heavy atom. The van der Waals surface area contributed by atoms with Crippen molar-refractivity contribution >= 4 is 23.2 Å². The van der Waals surface area contributed by atoms with Crippen molar-refractivity contribution in [1.82, 2.24) is 9.80 Å². The zero-order valence-corrected chi connectivity index (χ0v) is 16.5. The number of amides is 2. The number of rotatable bonds is 6. The summed E-state index contributed by atoms with van der Waals surface area (Å²) >= 11 is 1.51. The molecule has 0 radical (unpaired) electrons. The molecule has 2 fully saturated rings. The van der Waals surface area contributed by atoms with E-state index in [0.29, 0.717) is 26.2 Å². The highest BCUT2D eigenvalue weighted by Crippen LogP contribution is 2.39. The lowest BCUT2D eigenvalue weighted by molar-refractivity contribution is -0.139. The van der Waals surface area contributed by atoms with Crippen LogP contribution in [0.15, 0.2) is 12.1 Å². The standard InChI is InChI=1S/C19H28N2O4S/c1-24-11-10-20-13-19(8-6-17(20)22)7-3-9-21(14-19)18(23)16-5-4-15(26-16)12-25-2/h4-5H,3,6-14H2,1-2H3/t19-/m1/s1. The summed E-state index contributed by atoms with van der Waals surface area (Å²) in [5.74, 6) is 0.315. The minimum atomic E-state index is 0.0299. The van der Waals surface area contributed by atoms with E-state index < -0.39 is 0 Å². The fourth-order valence-electron chi connectivity index (χ4n) is 4.09. The Labute approximate surface area is 159 Å². The van der Waals surface area contributed by atoms with E-state index in [9.17, 15) is 9.59 Å². The summed E-state index contributed by atoms with van der Waals surface area (Å²) in [6.45, 7) is 4.00. The molecule has 0 unspecified atom stereocenters. The average Bonchev–Trinajstić information content (AvgIpc) is 3.11. The van der Waals surface area contributed by atoms with Crippen LogP contribution in [0.1, 0.15) is 40.2 Å². The van der Waals surface area contributed by atoms with Crippen LogP contribution in [0, 0.1) is 5.41 Å². The molecule has 6 nitrogen and oxygen atoms in total. The van der Waals surface area contributed by atoms with Crippen LogP contribution in [-0.4, -0.2) is 68.6 Å². The third-order valence-electron chi connectivity index (χ3n) is 5.42. The summed E-state index contributed by atoms with van der Waals surface area (Å²) < 4.78 is 10.3. The van der Waals surface area contributed by atoms with Gasteiger partial charge in [-0.2, -0.15) is 0 Å². The maximum absolute atomic E-state index is 13.0. The summed E-state index contributed by atoms with van der Waals surface area (Å²) in [6.07, 6.45) is 3.52. The first-order valence-electron chi connectivity index (χ1n) is 9.20. The molecule has 0 N–H and O–H groups in total. The van der Waals surface area contributed by atoms with E-state index in [0.717, 1.165) is 48.7 Å². The minimum Gasteiger partial charge on any atom is -0.383 e. The molecule has 26 heavy (non-hydrogen) atoms. The molecule has 0 bridgehead atoms. The number of hydrogen-bond acceptors (Lipinski definition) is 5. The van der Waals surface area contributed by atoms with Crippen LogP contribution in [0.25, 0.3) is 0 Å². The molecule has 2 saturated heterocycles. The van der Waals surface area contributed by atoms with Gasteiger partial charge in [-0.15, -0.1) is 11.3 Å². The van der Waals surface area contributed by atoms with E-state index in [1.54, 1.807) is 14.2 Å². The molecule has 1 aromatic heterocycles. The Kier molecular flexibility index (Phi) is 6.32. The average molecular weight is 381 g/mol. The van der Waals surface area contributed by atoms with E-state index in [4.69, 9.17) is 9.47 Å². The molecule has 3 rings (SSSR count). The van der Waals surface area contributed by atoms with Gasteiger partial charge in [-0.05, 0) is 31.4 Å². The summed E-state index contributed by atoms with van der Waals surface area (Å²) in [5.41, 5.74) is 0.0299. The molecule has 7 heteroatoms. The van der Waals surface area contributed by atoms with Crippen LogP contribution in [0.2, 0.25) is 0 Å². The molecule has 0 aliphatic carbocycles. The van der Waals surface area contributed by atoms with Crippen molar-refractivity contribution in [3.05, 3.63) is 21.9 Å². The quantitative estimate of drug-likeness (QED) is 0.760. The van der Waals surface area contributed by atoms with Crippen LogP contribution < -0.4 is 0 Å². The molecular formula is C19H28N2O4S. The normalized spacial score (nSPS) is 23.7. The minimum absolute atomic E-state index is 0.0299. The van der Waals surface area contributed by atoms with Gasteiger partial charge in [0.05, 0.1) is 18.1 Å². The van der Waals surface area contributed by atoms with Gasteiger partial charge in [0.25, 0.3) is 5.91 Å². The Morgan fingerprint density at radius 3 is 2.85 bits per heavy atom. The smallest absolute Gasteiger partial charge is 0.263 e. The van der Waals surface area contributed by atoms with Crippen molar-refractivity contribution in [2.24, 2.45) is 5.41 Å². The lowest BCUT2D eigenvalue weighted by atomic mass is 9.73. The summed E-state index contributed by atoms with van der Waals surface area (Å²) in [5, 5.41) is 0. The van der Waals surface area contributed by atoms with Crippen molar-refractivity contribution in [1.29, 1.82) is 0 Å². The highest BCUT2D eigenvalue weighted by Gasteiger charge is 2.42. The molecule has 2 aliphatic rings. The Morgan fingerprint density at radius 2 is 2.08 bits per heavy atom. The molecule has 2 amide bonds. The van der Waals surface area contributed by atoms with Crippen molar-refractivity contribution in [3.63, 3.8) is 0 Å². The lowest BCUT2D eigenvalue weighted by Crippen LogP contribution is -2.55. The second-order valence-corrected chi connectivity index (χ2v) is 8.51. The van der Waals surface area contributed by atoms with Crippen molar-refractivity contribution in [2.75, 3.05) is 47.0 Å². The van der Waals surface area contributed by atoms with Crippen molar-refractivity contribution in [3.8, 4) is 0 Å². The highest BCUT2D eigenvalue weighted by atomic mass is 32.1. The van der Waals surface area contributed by atoms with Gasteiger partial charge in [0.1, 0.15) is 0 Å². The van der Waals surface area contributed by atoms with Gasteiger partial charge in [-0.25, -0.2) is 0 Å². The van der Waals surface area contributed by atoms with Gasteiger partial charge in [-0.3, -0.25) is 9.59 Å². The SMILES string of the molecule is COCCN1C[C@@]2(CCCN(C(=O)c3ccc(COC)s3)C2)CCC1=O. The summed E-state index contributed by atoms with van der Waals surface area (Å²) in [4.78, 5) is 30.9. The van der Waals surface area contributed by atoms with E-state index in [1.165, 1.54) is 11.3 Å². The van der Waals surface area contributed by atoms with Gasteiger partial charge >= 0.3 is 0 Å². The second kappa shape index (κ2) is 8.50. The van der Waals surface area contributed by atoms with Gasteiger partial charge in [-0.1, -0.05) is 0 Å². The first kappa shape index (κ1) is 19.3. The molecule has 144 valence electrons. The first-order chi connectivity index (χ1) is 12.6. The fourth-order valence-corrected chi connectivity index (χ4v) is 5.04. The molecule has 1 atom stereocenters. The maximum Gasteiger partial charge on any atom is 0.263 e. The van der Waals surface area contributed by atoms with E-state index in [1.807, 2.05) is 21.9 Å². The number of ether oxygens (including phenoxy) is 2. The molecule has 2 aliphatic heterocycles. The van der Waals surface area contributed by atoms with Crippen LogP contribution >= 0.6 is 11.3 Å². The van der Waals surface area contributed by atoms with Crippen molar-refractivity contribution < 1.29 is 19.1 Å². The van der Waals surface area contributed by atoms with Crippen LogP contribution in [0.5, 0.6) is 0 Å². The van der Waals surface area contributed by atoms with Crippen LogP contribution in [0.3, 0.4) is 0 Å². The largest absolute Gasteiger partial charge is 0.383 e. The van der Waals surface area contributed by atoms with Crippen molar-refractivity contribution in [2.45, 2.75) is 32.3 Å². The number of piperidine rings is 2. The number of carbonyl (C=O) groups excluding carboxylic acids is 2. The number of thiophene rings is 1. The lowest BCUT2D eigenvalue weighted by Gasteiger charge is -2.48. The van der Waals surface area contributed by atoms with E-state index in [-0.39, 0.29) is 17.2 Å². The molecule has 0 aromatic carbocycles. The second-order valence-electron chi connectivity index (χ2n) is 7.34. The highest BCUT2D eigenvalue weighted by molar-refractivity contribution is 7.14. The van der Waals surface area contributed by atoms with E-state index in [2.05, 4.69) is 0 Å². The van der Waals surface area contributed by atoms with Crippen LogP contribution in [0.4, 0.5) is 0 Å². The van der Waals surface area contributed by atoms with Crippen LogP contribution in [-0.2, 0) is 20.9 Å². The topological polar surface area (TPSA) is 59.1 Å². The Bertz CT molecular complexity index is 647. The predicted octanol–water partition coefficient (Wildman–Crippen LogP) is 2.39. The summed E-state index contributed by atoms with van der Waals surface area (Å²) in [6, 6.07) is 3.87.